The molecule has 1 saturated heterocycles. The van der Waals surface area contributed by atoms with Gasteiger partial charge in [0, 0.05) is 30.1 Å². The molecule has 0 saturated carbocycles. The number of rotatable bonds is 6. The molecule has 0 aromatic heterocycles. The van der Waals surface area contributed by atoms with E-state index in [0.29, 0.717) is 17.0 Å². The first-order valence-corrected chi connectivity index (χ1v) is 9.77. The standard InChI is InChI=1S/C21H24ClN3O3/c1-13(20(27)24-12-16-9-17(22)7-8-19(16)26)25-21(28)18-10-15(11-23-18)14-5-3-2-4-6-14/h2-7,9,13,15,18,23H,8,10-12H2,1H3,(H,24,27)(H,25,28)/t13-,15-,18+/m0/s1. The van der Waals surface area contributed by atoms with Gasteiger partial charge < -0.3 is 16.0 Å². The number of halogens is 1. The topological polar surface area (TPSA) is 87.3 Å². The van der Waals surface area contributed by atoms with Gasteiger partial charge in [-0.15, -0.1) is 0 Å². The molecule has 2 amide bonds. The SMILES string of the molecule is C[C@H](NC(=O)[C@H]1C[C@H](c2ccccc2)CN1)C(=O)NCC1=CC(Cl)=CCC1=O. The molecule has 3 rings (SSSR count). The summed E-state index contributed by atoms with van der Waals surface area (Å²) in [7, 11) is 0. The molecule has 1 heterocycles. The van der Waals surface area contributed by atoms with Crippen molar-refractivity contribution >= 4 is 29.2 Å². The molecule has 0 radical (unpaired) electrons. The zero-order valence-electron chi connectivity index (χ0n) is 15.7. The van der Waals surface area contributed by atoms with E-state index in [1.54, 1.807) is 19.1 Å². The second-order valence-electron chi connectivity index (χ2n) is 7.14. The number of carbonyl (C=O) groups is 3. The molecule has 3 N–H and O–H groups in total. The van der Waals surface area contributed by atoms with Gasteiger partial charge in [-0.05, 0) is 30.9 Å². The lowest BCUT2D eigenvalue weighted by atomic mass is 9.96. The summed E-state index contributed by atoms with van der Waals surface area (Å²) in [5.41, 5.74) is 1.66. The molecule has 2 aliphatic rings. The van der Waals surface area contributed by atoms with Gasteiger partial charge in [0.25, 0.3) is 0 Å². The summed E-state index contributed by atoms with van der Waals surface area (Å²) in [6.45, 7) is 2.45. The minimum absolute atomic E-state index is 0.0662. The normalized spacial score (nSPS) is 22.9. The first-order chi connectivity index (χ1) is 13.4. The molecule has 6 nitrogen and oxygen atoms in total. The summed E-state index contributed by atoms with van der Waals surface area (Å²) < 4.78 is 0. The summed E-state index contributed by atoms with van der Waals surface area (Å²) >= 11 is 5.91. The number of ketones is 1. The quantitative estimate of drug-likeness (QED) is 0.678. The molecule has 1 aromatic rings. The fourth-order valence-corrected chi connectivity index (χ4v) is 3.62. The van der Waals surface area contributed by atoms with E-state index in [4.69, 9.17) is 11.6 Å². The van der Waals surface area contributed by atoms with Gasteiger partial charge in [0.2, 0.25) is 11.8 Å². The molecule has 0 unspecified atom stereocenters. The van der Waals surface area contributed by atoms with E-state index in [0.717, 1.165) is 6.54 Å². The van der Waals surface area contributed by atoms with Gasteiger partial charge in [0.1, 0.15) is 6.04 Å². The number of benzene rings is 1. The van der Waals surface area contributed by atoms with Crippen LogP contribution in [0.15, 0.2) is 53.1 Å². The summed E-state index contributed by atoms with van der Waals surface area (Å²) in [5.74, 6) is -0.322. The average molecular weight is 402 g/mol. The van der Waals surface area contributed by atoms with E-state index in [1.165, 1.54) is 5.56 Å². The number of nitrogens with one attached hydrogen (secondary N) is 3. The second-order valence-corrected chi connectivity index (χ2v) is 7.57. The number of carbonyl (C=O) groups excluding carboxylic acids is 3. The Bertz CT molecular complexity index is 819. The van der Waals surface area contributed by atoms with E-state index in [2.05, 4.69) is 28.1 Å². The monoisotopic (exact) mass is 401 g/mol. The zero-order chi connectivity index (χ0) is 20.1. The van der Waals surface area contributed by atoms with Gasteiger partial charge in [-0.1, -0.05) is 48.0 Å². The molecule has 28 heavy (non-hydrogen) atoms. The van der Waals surface area contributed by atoms with Crippen molar-refractivity contribution in [2.75, 3.05) is 13.1 Å². The minimum Gasteiger partial charge on any atom is -0.350 e. The maximum Gasteiger partial charge on any atom is 0.242 e. The number of allylic oxidation sites excluding steroid dienone is 3. The Morgan fingerprint density at radius 2 is 2.04 bits per heavy atom. The number of amides is 2. The molecular weight excluding hydrogens is 378 g/mol. The van der Waals surface area contributed by atoms with Crippen LogP contribution < -0.4 is 16.0 Å². The largest absolute Gasteiger partial charge is 0.350 e. The molecule has 3 atom stereocenters. The summed E-state index contributed by atoms with van der Waals surface area (Å²) in [6.07, 6.45) is 4.12. The summed E-state index contributed by atoms with van der Waals surface area (Å²) in [4.78, 5) is 36.6. The van der Waals surface area contributed by atoms with Crippen LogP contribution in [0.5, 0.6) is 0 Å². The lowest BCUT2D eigenvalue weighted by molar-refractivity contribution is -0.129. The second kappa shape index (κ2) is 9.17. The number of hydrogen-bond acceptors (Lipinski definition) is 4. The Kier molecular flexibility index (Phi) is 6.65. The van der Waals surface area contributed by atoms with Crippen LogP contribution in [0.3, 0.4) is 0 Å². The van der Waals surface area contributed by atoms with Crippen molar-refractivity contribution in [3.05, 3.63) is 58.7 Å². The lowest BCUT2D eigenvalue weighted by Gasteiger charge is -2.18. The van der Waals surface area contributed by atoms with Gasteiger partial charge in [0.05, 0.1) is 6.04 Å². The van der Waals surface area contributed by atoms with Crippen molar-refractivity contribution in [1.29, 1.82) is 0 Å². The third kappa shape index (κ3) is 5.09. The fourth-order valence-electron chi connectivity index (χ4n) is 3.41. The Labute approximate surface area is 169 Å². The van der Waals surface area contributed by atoms with Gasteiger partial charge in [0.15, 0.2) is 5.78 Å². The van der Waals surface area contributed by atoms with Crippen LogP contribution in [0.25, 0.3) is 0 Å². The highest BCUT2D eigenvalue weighted by Gasteiger charge is 2.31. The molecule has 1 aromatic carbocycles. The Morgan fingerprint density at radius 3 is 2.79 bits per heavy atom. The molecule has 1 aliphatic carbocycles. The van der Waals surface area contributed by atoms with Crippen molar-refractivity contribution in [2.24, 2.45) is 0 Å². The van der Waals surface area contributed by atoms with E-state index in [9.17, 15) is 14.4 Å². The highest BCUT2D eigenvalue weighted by atomic mass is 35.5. The van der Waals surface area contributed by atoms with Gasteiger partial charge in [-0.2, -0.15) is 0 Å². The summed E-state index contributed by atoms with van der Waals surface area (Å²) in [5, 5.41) is 9.15. The van der Waals surface area contributed by atoms with Crippen molar-refractivity contribution < 1.29 is 14.4 Å². The van der Waals surface area contributed by atoms with Crippen LogP contribution in [-0.4, -0.2) is 42.8 Å². The molecule has 7 heteroatoms. The van der Waals surface area contributed by atoms with Crippen LogP contribution in [0.4, 0.5) is 0 Å². The highest BCUT2D eigenvalue weighted by molar-refractivity contribution is 6.32. The highest BCUT2D eigenvalue weighted by Crippen LogP contribution is 2.25. The molecule has 1 fully saturated rings. The first-order valence-electron chi connectivity index (χ1n) is 9.40. The number of Topliss-reactive ketones (excluding diaryl/α,β-unsaturated/α-hetero) is 1. The van der Waals surface area contributed by atoms with Crippen molar-refractivity contribution in [3.63, 3.8) is 0 Å². The third-order valence-corrected chi connectivity index (χ3v) is 5.34. The number of hydrogen-bond donors (Lipinski definition) is 3. The Balaban J connectivity index is 1.47. The summed E-state index contributed by atoms with van der Waals surface area (Å²) in [6, 6.07) is 9.05. The molecule has 148 valence electrons. The zero-order valence-corrected chi connectivity index (χ0v) is 16.5. The first kappa shape index (κ1) is 20.3. The van der Waals surface area contributed by atoms with Gasteiger partial charge >= 0.3 is 0 Å². The van der Waals surface area contributed by atoms with Gasteiger partial charge in [-0.3, -0.25) is 14.4 Å². The van der Waals surface area contributed by atoms with Crippen molar-refractivity contribution in [2.45, 2.75) is 37.8 Å². The smallest absolute Gasteiger partial charge is 0.242 e. The van der Waals surface area contributed by atoms with Crippen LogP contribution in [-0.2, 0) is 14.4 Å². The fraction of sp³-hybridized carbons (Fsp3) is 0.381. The van der Waals surface area contributed by atoms with E-state index in [-0.39, 0.29) is 42.5 Å². The van der Waals surface area contributed by atoms with Crippen LogP contribution >= 0.6 is 11.6 Å². The molecule has 0 spiro atoms. The predicted octanol–water partition coefficient (Wildman–Crippen LogP) is 1.77. The van der Waals surface area contributed by atoms with Crippen LogP contribution in [0, 0.1) is 0 Å². The Morgan fingerprint density at radius 1 is 1.29 bits per heavy atom. The van der Waals surface area contributed by atoms with Gasteiger partial charge in [-0.25, -0.2) is 0 Å². The third-order valence-electron chi connectivity index (χ3n) is 5.08. The van der Waals surface area contributed by atoms with Crippen LogP contribution in [0.1, 0.15) is 31.2 Å². The van der Waals surface area contributed by atoms with Crippen LogP contribution in [0.2, 0.25) is 0 Å². The van der Waals surface area contributed by atoms with E-state index >= 15 is 0 Å². The molecule has 0 bridgehead atoms. The maximum atomic E-state index is 12.5. The van der Waals surface area contributed by atoms with Crippen molar-refractivity contribution in [1.82, 2.24) is 16.0 Å². The minimum atomic E-state index is -0.699. The lowest BCUT2D eigenvalue weighted by Crippen LogP contribution is -2.50. The molecular formula is C21H24ClN3O3. The van der Waals surface area contributed by atoms with Crippen molar-refractivity contribution in [3.8, 4) is 0 Å². The Hall–Kier alpha value is -2.44. The predicted molar refractivity (Wildman–Crippen MR) is 108 cm³/mol. The maximum absolute atomic E-state index is 12.5. The van der Waals surface area contributed by atoms with E-state index in [1.807, 2.05) is 18.2 Å². The molecule has 1 aliphatic heterocycles. The average Bonchev–Trinajstić information content (AvgIpc) is 3.19. The van der Waals surface area contributed by atoms with E-state index < -0.39 is 6.04 Å².